The molecule has 1 unspecified atom stereocenters. The molecule has 0 heterocycles. The first-order chi connectivity index (χ1) is 9.26. The van der Waals surface area contributed by atoms with Crippen molar-refractivity contribution in [2.24, 2.45) is 0 Å². The molecule has 1 N–H and O–H groups in total. The maximum Gasteiger partial charge on any atom is 0.0186 e. The smallest absolute Gasteiger partial charge is 0.0186 e. The Morgan fingerprint density at radius 3 is 2.89 bits per heavy atom. The Morgan fingerprint density at radius 1 is 1.37 bits per heavy atom. The summed E-state index contributed by atoms with van der Waals surface area (Å²) in [6.45, 7) is 3.76. The summed E-state index contributed by atoms with van der Waals surface area (Å²) in [5, 5.41) is 3.43. The Kier molecular flexibility index (Phi) is 9.31. The highest BCUT2D eigenvalue weighted by Gasteiger charge is 2.06. The number of rotatable bonds is 10. The number of unbranched alkanes of at least 4 members (excludes halogenated alkanes) is 3. The summed E-state index contributed by atoms with van der Waals surface area (Å²) >= 11 is 5.44. The van der Waals surface area contributed by atoms with E-state index in [1.54, 1.807) is 0 Å². The van der Waals surface area contributed by atoms with Gasteiger partial charge in [0.15, 0.2) is 0 Å². The highest BCUT2D eigenvalue weighted by Crippen LogP contribution is 2.23. The van der Waals surface area contributed by atoms with Gasteiger partial charge in [-0.2, -0.15) is 0 Å². The van der Waals surface area contributed by atoms with Gasteiger partial charge in [0, 0.05) is 21.2 Å². The van der Waals surface area contributed by atoms with Crippen LogP contribution in [0, 0.1) is 0 Å². The van der Waals surface area contributed by atoms with Crippen molar-refractivity contribution in [2.75, 3.05) is 12.8 Å². The number of nitrogens with one attached hydrogen (secondary N) is 1. The van der Waals surface area contributed by atoms with Crippen molar-refractivity contribution in [1.82, 2.24) is 5.32 Å². The molecule has 1 rings (SSSR count). The first-order valence-corrected chi connectivity index (χ1v) is 8.70. The monoisotopic (exact) mass is 341 g/mol. The summed E-state index contributed by atoms with van der Waals surface area (Å²) in [7, 11) is 2.07. The number of benzene rings is 1. The highest BCUT2D eigenvalue weighted by atomic mass is 79.9. The number of halogens is 1. The van der Waals surface area contributed by atoms with Crippen LogP contribution in [-0.2, 0) is 0 Å². The standard InChI is InChI=1S/C16H24BrNS/c1-3-4-5-6-7-10-15(18-2)13-19-16-11-8-9-14(17)12-16/h3,8-9,11-12,15,18H,1,4-7,10,13H2,2H3. The molecule has 1 aromatic carbocycles. The SMILES string of the molecule is C=CCCCCCC(CSc1cccc(Br)c1)NC. The molecular formula is C16H24BrNS. The average molecular weight is 342 g/mol. The molecule has 0 aliphatic heterocycles. The minimum absolute atomic E-state index is 0.604. The first-order valence-electron chi connectivity index (χ1n) is 6.92. The number of thioether (sulfide) groups is 1. The predicted octanol–water partition coefficient (Wildman–Crippen LogP) is 5.27. The molecular weight excluding hydrogens is 318 g/mol. The lowest BCUT2D eigenvalue weighted by Crippen LogP contribution is -2.27. The minimum atomic E-state index is 0.604. The van der Waals surface area contributed by atoms with E-state index in [1.165, 1.54) is 30.6 Å². The Hall–Kier alpha value is -0.250. The third kappa shape index (κ3) is 7.81. The van der Waals surface area contributed by atoms with Crippen LogP contribution < -0.4 is 5.32 Å². The van der Waals surface area contributed by atoms with Gasteiger partial charge in [-0.3, -0.25) is 0 Å². The maximum absolute atomic E-state index is 3.76. The first kappa shape index (κ1) is 16.8. The normalized spacial score (nSPS) is 12.3. The van der Waals surface area contributed by atoms with Crippen LogP contribution in [-0.4, -0.2) is 18.8 Å². The fraction of sp³-hybridized carbons (Fsp3) is 0.500. The topological polar surface area (TPSA) is 12.0 Å². The molecule has 1 nitrogen and oxygen atoms in total. The van der Waals surface area contributed by atoms with E-state index in [1.807, 2.05) is 17.8 Å². The maximum atomic E-state index is 3.76. The summed E-state index contributed by atoms with van der Waals surface area (Å²) in [4.78, 5) is 1.33. The van der Waals surface area contributed by atoms with Crippen LogP contribution in [0.15, 0.2) is 46.3 Å². The quantitative estimate of drug-likeness (QED) is 0.353. The van der Waals surface area contributed by atoms with Crippen LogP contribution >= 0.6 is 27.7 Å². The zero-order valence-electron chi connectivity index (χ0n) is 11.7. The largest absolute Gasteiger partial charge is 0.316 e. The second kappa shape index (κ2) is 10.5. The van der Waals surface area contributed by atoms with Crippen molar-refractivity contribution in [1.29, 1.82) is 0 Å². The summed E-state index contributed by atoms with van der Waals surface area (Å²) in [6.07, 6.45) is 8.31. The number of allylic oxidation sites excluding steroid dienone is 1. The fourth-order valence-corrected chi connectivity index (χ4v) is 3.58. The van der Waals surface area contributed by atoms with Gasteiger partial charge in [-0.05, 0) is 44.5 Å². The van der Waals surface area contributed by atoms with E-state index < -0.39 is 0 Å². The van der Waals surface area contributed by atoms with Crippen molar-refractivity contribution in [3.8, 4) is 0 Å². The van der Waals surface area contributed by atoms with Crippen molar-refractivity contribution < 1.29 is 0 Å². The Balaban J connectivity index is 2.22. The predicted molar refractivity (Wildman–Crippen MR) is 91.0 cm³/mol. The Labute approximate surface area is 130 Å². The van der Waals surface area contributed by atoms with Crippen LogP contribution in [0.1, 0.15) is 32.1 Å². The molecule has 0 fully saturated rings. The molecule has 0 aliphatic carbocycles. The van der Waals surface area contributed by atoms with E-state index in [-0.39, 0.29) is 0 Å². The van der Waals surface area contributed by atoms with Crippen LogP contribution in [0.3, 0.4) is 0 Å². The van der Waals surface area contributed by atoms with E-state index in [9.17, 15) is 0 Å². The summed E-state index contributed by atoms with van der Waals surface area (Å²) < 4.78 is 1.16. The molecule has 0 saturated heterocycles. The van der Waals surface area contributed by atoms with Crippen molar-refractivity contribution in [3.63, 3.8) is 0 Å². The molecule has 106 valence electrons. The zero-order chi connectivity index (χ0) is 13.9. The van der Waals surface area contributed by atoms with E-state index in [4.69, 9.17) is 0 Å². The third-order valence-corrected chi connectivity index (χ3v) is 4.77. The van der Waals surface area contributed by atoms with E-state index in [0.29, 0.717) is 6.04 Å². The Bertz CT molecular complexity index is 368. The molecule has 19 heavy (non-hydrogen) atoms. The van der Waals surface area contributed by atoms with Gasteiger partial charge in [-0.15, -0.1) is 18.3 Å². The summed E-state index contributed by atoms with van der Waals surface area (Å²) in [5.41, 5.74) is 0. The lowest BCUT2D eigenvalue weighted by Gasteiger charge is -2.15. The van der Waals surface area contributed by atoms with E-state index >= 15 is 0 Å². The second-order valence-electron chi connectivity index (χ2n) is 4.68. The van der Waals surface area contributed by atoms with Gasteiger partial charge in [-0.1, -0.05) is 40.9 Å². The molecule has 0 bridgehead atoms. The molecule has 1 atom stereocenters. The molecule has 0 aliphatic rings. The van der Waals surface area contributed by atoms with Crippen LogP contribution in [0.25, 0.3) is 0 Å². The van der Waals surface area contributed by atoms with Gasteiger partial charge < -0.3 is 5.32 Å². The molecule has 0 spiro atoms. The third-order valence-electron chi connectivity index (χ3n) is 3.12. The molecule has 0 aromatic heterocycles. The number of hydrogen-bond donors (Lipinski definition) is 1. The van der Waals surface area contributed by atoms with Crippen LogP contribution in [0.2, 0.25) is 0 Å². The highest BCUT2D eigenvalue weighted by molar-refractivity contribution is 9.10. The lowest BCUT2D eigenvalue weighted by atomic mass is 10.1. The second-order valence-corrected chi connectivity index (χ2v) is 6.69. The molecule has 0 radical (unpaired) electrons. The average Bonchev–Trinajstić information content (AvgIpc) is 2.42. The van der Waals surface area contributed by atoms with E-state index in [0.717, 1.165) is 16.6 Å². The summed E-state index contributed by atoms with van der Waals surface area (Å²) in [5.74, 6) is 1.13. The zero-order valence-corrected chi connectivity index (χ0v) is 14.1. The van der Waals surface area contributed by atoms with Gasteiger partial charge in [-0.25, -0.2) is 0 Å². The molecule has 3 heteroatoms. The fourth-order valence-electron chi connectivity index (χ4n) is 1.92. The van der Waals surface area contributed by atoms with E-state index in [2.05, 4.69) is 59.1 Å². The minimum Gasteiger partial charge on any atom is -0.316 e. The molecule has 0 saturated carbocycles. The summed E-state index contributed by atoms with van der Waals surface area (Å²) in [6, 6.07) is 9.12. The van der Waals surface area contributed by atoms with Crippen LogP contribution in [0.5, 0.6) is 0 Å². The molecule has 0 amide bonds. The van der Waals surface area contributed by atoms with Gasteiger partial charge in [0.25, 0.3) is 0 Å². The van der Waals surface area contributed by atoms with Gasteiger partial charge in [0.05, 0.1) is 0 Å². The van der Waals surface area contributed by atoms with Crippen molar-refractivity contribution >= 4 is 27.7 Å². The van der Waals surface area contributed by atoms with Crippen LogP contribution in [0.4, 0.5) is 0 Å². The Morgan fingerprint density at radius 2 is 2.21 bits per heavy atom. The van der Waals surface area contributed by atoms with Gasteiger partial charge in [0.1, 0.15) is 0 Å². The molecule has 1 aromatic rings. The van der Waals surface area contributed by atoms with Crippen molar-refractivity contribution in [2.45, 2.75) is 43.0 Å². The lowest BCUT2D eigenvalue weighted by molar-refractivity contribution is 0.526. The van der Waals surface area contributed by atoms with Gasteiger partial charge >= 0.3 is 0 Å². The van der Waals surface area contributed by atoms with Gasteiger partial charge in [0.2, 0.25) is 0 Å². The number of hydrogen-bond acceptors (Lipinski definition) is 2. The van der Waals surface area contributed by atoms with Crippen molar-refractivity contribution in [3.05, 3.63) is 41.4 Å².